The second kappa shape index (κ2) is 9.19. The number of hydrogen-bond acceptors (Lipinski definition) is 4. The summed E-state index contributed by atoms with van der Waals surface area (Å²) in [5.74, 6) is 0.790. The summed E-state index contributed by atoms with van der Waals surface area (Å²) in [7, 11) is 1.64. The van der Waals surface area contributed by atoms with E-state index >= 15 is 0 Å². The largest absolute Gasteiger partial charge is 0.497 e. The lowest BCUT2D eigenvalue weighted by Gasteiger charge is -2.35. The smallest absolute Gasteiger partial charge is 0.227 e. The Labute approximate surface area is 190 Å². The molecule has 1 aliphatic heterocycles. The molecule has 0 spiro atoms. The molecule has 0 atom stereocenters. The van der Waals surface area contributed by atoms with Crippen molar-refractivity contribution in [1.82, 2.24) is 5.32 Å². The van der Waals surface area contributed by atoms with Crippen LogP contribution >= 0.6 is 0 Å². The second-order valence-electron chi connectivity index (χ2n) is 9.54. The third-order valence-corrected chi connectivity index (χ3v) is 6.38. The first kappa shape index (κ1) is 22.1. The van der Waals surface area contributed by atoms with E-state index in [1.807, 2.05) is 24.3 Å². The number of benzene rings is 2. The number of methoxy groups -OCH3 is 1. The van der Waals surface area contributed by atoms with Crippen molar-refractivity contribution in [3.8, 4) is 5.75 Å². The molecule has 2 aromatic rings. The van der Waals surface area contributed by atoms with Crippen molar-refractivity contribution in [3.63, 3.8) is 0 Å². The monoisotopic (exact) mass is 432 g/mol. The summed E-state index contributed by atoms with van der Waals surface area (Å²) in [5, 5.41) is 6.52. The van der Waals surface area contributed by atoms with E-state index in [0.29, 0.717) is 11.3 Å². The number of ether oxygens (including phenoxy) is 1. The Bertz CT molecular complexity index is 1050. The van der Waals surface area contributed by atoms with E-state index < -0.39 is 0 Å². The van der Waals surface area contributed by atoms with Gasteiger partial charge in [-0.1, -0.05) is 37.5 Å². The van der Waals surface area contributed by atoms with Gasteiger partial charge >= 0.3 is 0 Å². The molecule has 0 aromatic heterocycles. The SMILES string of the molecule is COc1ccc2c(c1)/C(=C/C(=O)c1cccc(NC(=O)C3CCCCC3)c1)NC(C)(C)C2. The van der Waals surface area contributed by atoms with E-state index in [0.717, 1.165) is 49.1 Å². The fraction of sp³-hybridized carbons (Fsp3) is 0.407. The van der Waals surface area contributed by atoms with Crippen molar-refractivity contribution < 1.29 is 14.3 Å². The van der Waals surface area contributed by atoms with Crippen LogP contribution in [0.4, 0.5) is 5.69 Å². The molecule has 0 bridgehead atoms. The van der Waals surface area contributed by atoms with Gasteiger partial charge < -0.3 is 15.4 Å². The Morgan fingerprint density at radius 3 is 2.62 bits per heavy atom. The Balaban J connectivity index is 1.57. The van der Waals surface area contributed by atoms with E-state index in [4.69, 9.17) is 4.74 Å². The molecule has 2 aliphatic rings. The third kappa shape index (κ3) is 5.04. The molecular formula is C27H32N2O3. The van der Waals surface area contributed by atoms with Crippen molar-refractivity contribution >= 4 is 23.1 Å². The fourth-order valence-electron chi connectivity index (χ4n) is 4.73. The molecule has 168 valence electrons. The van der Waals surface area contributed by atoms with E-state index in [1.165, 1.54) is 12.0 Å². The molecule has 2 aromatic carbocycles. The molecule has 32 heavy (non-hydrogen) atoms. The highest BCUT2D eigenvalue weighted by Crippen LogP contribution is 2.32. The minimum Gasteiger partial charge on any atom is -0.497 e. The number of allylic oxidation sites excluding steroid dienone is 1. The summed E-state index contributed by atoms with van der Waals surface area (Å²) in [6.45, 7) is 4.25. The summed E-state index contributed by atoms with van der Waals surface area (Å²) in [6.07, 6.45) is 7.84. The Morgan fingerprint density at radius 2 is 1.88 bits per heavy atom. The number of fused-ring (bicyclic) bond motifs is 1. The molecule has 1 saturated carbocycles. The van der Waals surface area contributed by atoms with Gasteiger partial charge in [0.1, 0.15) is 5.75 Å². The predicted molar refractivity (Wildman–Crippen MR) is 128 cm³/mol. The maximum Gasteiger partial charge on any atom is 0.227 e. The summed E-state index contributed by atoms with van der Waals surface area (Å²) in [6, 6.07) is 13.2. The van der Waals surface area contributed by atoms with Crippen molar-refractivity contribution in [2.75, 3.05) is 12.4 Å². The second-order valence-corrected chi connectivity index (χ2v) is 9.54. The van der Waals surface area contributed by atoms with Gasteiger partial charge in [0.2, 0.25) is 5.91 Å². The fourth-order valence-corrected chi connectivity index (χ4v) is 4.73. The minimum absolute atomic E-state index is 0.0596. The third-order valence-electron chi connectivity index (χ3n) is 6.38. The van der Waals surface area contributed by atoms with Crippen molar-refractivity contribution in [2.45, 2.75) is 57.9 Å². The van der Waals surface area contributed by atoms with E-state index in [2.05, 4.69) is 30.5 Å². The molecule has 1 fully saturated rings. The van der Waals surface area contributed by atoms with Crippen LogP contribution < -0.4 is 15.4 Å². The molecule has 5 nitrogen and oxygen atoms in total. The zero-order chi connectivity index (χ0) is 22.7. The van der Waals surface area contributed by atoms with Crippen LogP contribution in [-0.2, 0) is 11.2 Å². The van der Waals surface area contributed by atoms with Crippen LogP contribution in [-0.4, -0.2) is 24.3 Å². The number of carbonyl (C=O) groups excluding carboxylic acids is 2. The predicted octanol–water partition coefficient (Wildman–Crippen LogP) is 5.36. The van der Waals surface area contributed by atoms with Crippen molar-refractivity contribution in [1.29, 1.82) is 0 Å². The van der Waals surface area contributed by atoms with Gasteiger partial charge in [-0.3, -0.25) is 9.59 Å². The van der Waals surface area contributed by atoms with Crippen molar-refractivity contribution in [2.24, 2.45) is 5.92 Å². The normalized spacial score (nSPS) is 19.0. The molecule has 1 amide bonds. The van der Waals surface area contributed by atoms with Crippen LogP contribution in [0.3, 0.4) is 0 Å². The highest BCUT2D eigenvalue weighted by molar-refractivity contribution is 6.09. The zero-order valence-electron chi connectivity index (χ0n) is 19.2. The first-order chi connectivity index (χ1) is 15.3. The van der Waals surface area contributed by atoms with Gasteiger partial charge in [0.05, 0.1) is 7.11 Å². The molecule has 0 saturated heterocycles. The number of hydrogen-bond donors (Lipinski definition) is 2. The lowest BCUT2D eigenvalue weighted by molar-refractivity contribution is -0.120. The van der Waals surface area contributed by atoms with Crippen LogP contribution in [0.15, 0.2) is 48.5 Å². The summed E-state index contributed by atoms with van der Waals surface area (Å²) in [5.41, 5.74) is 4.01. The van der Waals surface area contributed by atoms with Gasteiger partial charge in [-0.25, -0.2) is 0 Å². The number of amides is 1. The van der Waals surface area contributed by atoms with E-state index in [1.54, 1.807) is 25.3 Å². The molecule has 1 aliphatic carbocycles. The minimum atomic E-state index is -0.163. The number of nitrogens with one attached hydrogen (secondary N) is 2. The number of ketones is 1. The average Bonchev–Trinajstić information content (AvgIpc) is 2.79. The van der Waals surface area contributed by atoms with E-state index in [9.17, 15) is 9.59 Å². The molecule has 1 heterocycles. The first-order valence-corrected chi connectivity index (χ1v) is 11.5. The molecule has 0 radical (unpaired) electrons. The van der Waals surface area contributed by atoms with Gasteiger partial charge in [-0.2, -0.15) is 0 Å². The van der Waals surface area contributed by atoms with Crippen molar-refractivity contribution in [3.05, 3.63) is 65.2 Å². The molecule has 5 heteroatoms. The zero-order valence-corrected chi connectivity index (χ0v) is 19.2. The highest BCUT2D eigenvalue weighted by Gasteiger charge is 2.28. The molecule has 4 rings (SSSR count). The first-order valence-electron chi connectivity index (χ1n) is 11.5. The van der Waals surface area contributed by atoms with Crippen LogP contribution in [0, 0.1) is 5.92 Å². The Kier molecular flexibility index (Phi) is 6.35. The molecular weight excluding hydrogens is 400 g/mol. The summed E-state index contributed by atoms with van der Waals surface area (Å²) < 4.78 is 5.39. The van der Waals surface area contributed by atoms with Gasteiger partial charge in [0, 0.05) is 40.0 Å². The maximum atomic E-state index is 13.2. The van der Waals surface area contributed by atoms with Crippen LogP contribution in [0.2, 0.25) is 0 Å². The maximum absolute atomic E-state index is 13.2. The quantitative estimate of drug-likeness (QED) is 0.493. The summed E-state index contributed by atoms with van der Waals surface area (Å²) >= 11 is 0. The highest BCUT2D eigenvalue weighted by atomic mass is 16.5. The lowest BCUT2D eigenvalue weighted by atomic mass is 9.85. The Morgan fingerprint density at radius 1 is 1.09 bits per heavy atom. The van der Waals surface area contributed by atoms with Gasteiger partial charge in [0.15, 0.2) is 5.78 Å². The number of rotatable bonds is 5. The van der Waals surface area contributed by atoms with E-state index in [-0.39, 0.29) is 23.1 Å². The Hall–Kier alpha value is -3.08. The number of carbonyl (C=O) groups is 2. The van der Waals surface area contributed by atoms with Gasteiger partial charge in [-0.15, -0.1) is 0 Å². The topological polar surface area (TPSA) is 67.4 Å². The molecule has 2 N–H and O–H groups in total. The summed E-state index contributed by atoms with van der Waals surface area (Å²) in [4.78, 5) is 25.8. The van der Waals surface area contributed by atoms with Gasteiger partial charge in [0.25, 0.3) is 0 Å². The van der Waals surface area contributed by atoms with Crippen LogP contribution in [0.25, 0.3) is 5.70 Å². The standard InChI is InChI=1S/C27H32N2O3/c1-27(2)17-20-12-13-22(32-3)15-23(20)24(29-27)16-25(30)19-10-7-11-21(14-19)28-26(31)18-8-5-4-6-9-18/h7,10-16,18,29H,4-6,8-9,17H2,1-3H3,(H,28,31)/b24-16-. The lowest BCUT2D eigenvalue weighted by Crippen LogP contribution is -2.43. The average molecular weight is 433 g/mol. The van der Waals surface area contributed by atoms with Crippen LogP contribution in [0.5, 0.6) is 5.75 Å². The van der Waals surface area contributed by atoms with Gasteiger partial charge in [-0.05, 0) is 62.9 Å². The van der Waals surface area contributed by atoms with Crippen LogP contribution in [0.1, 0.15) is 67.4 Å². The number of anilines is 1. The molecule has 0 unspecified atom stereocenters.